The van der Waals surface area contributed by atoms with Crippen molar-refractivity contribution in [1.82, 2.24) is 15.3 Å². The fraction of sp³-hybridized carbons (Fsp3) is 0.500. The van der Waals surface area contributed by atoms with Crippen molar-refractivity contribution in [3.63, 3.8) is 0 Å². The summed E-state index contributed by atoms with van der Waals surface area (Å²) in [6.45, 7) is 3.63. The number of nitrogens with zero attached hydrogens (tertiary/aromatic N) is 3. The Morgan fingerprint density at radius 3 is 2.62 bits per heavy atom. The highest BCUT2D eigenvalue weighted by molar-refractivity contribution is 5.92. The van der Waals surface area contributed by atoms with Gasteiger partial charge in [0.25, 0.3) is 0 Å². The van der Waals surface area contributed by atoms with E-state index in [9.17, 15) is 0 Å². The van der Waals surface area contributed by atoms with E-state index in [1.54, 1.807) is 13.2 Å². The molecule has 1 fully saturated rings. The molecule has 3 N–H and O–H groups in total. The number of piperazine rings is 1. The van der Waals surface area contributed by atoms with Gasteiger partial charge in [-0.1, -0.05) is 0 Å². The van der Waals surface area contributed by atoms with E-state index in [2.05, 4.69) is 15.3 Å². The lowest BCUT2D eigenvalue weighted by Gasteiger charge is -2.27. The topological polar surface area (TPSA) is 94.8 Å². The van der Waals surface area contributed by atoms with Crippen LogP contribution in [0, 0.1) is 5.82 Å². The second-order valence-electron chi connectivity index (χ2n) is 5.61. The van der Waals surface area contributed by atoms with E-state index in [-0.39, 0.29) is 41.8 Å². The van der Waals surface area contributed by atoms with Gasteiger partial charge in [0.05, 0.1) is 13.7 Å². The van der Waals surface area contributed by atoms with Gasteiger partial charge in [0.2, 0.25) is 5.95 Å². The number of benzene rings is 1. The van der Waals surface area contributed by atoms with Gasteiger partial charge in [-0.05, 0) is 6.07 Å². The highest BCUT2D eigenvalue weighted by Crippen LogP contribution is 2.37. The lowest BCUT2D eigenvalue weighted by atomic mass is 10.2. The molecule has 3 rings (SSSR count). The lowest BCUT2D eigenvalue weighted by molar-refractivity contribution is 0.141. The Morgan fingerprint density at radius 1 is 1.23 bits per heavy atom. The maximum Gasteiger partial charge on any atom is 0.228 e. The average molecular weight is 388 g/mol. The zero-order valence-corrected chi connectivity index (χ0v) is 15.6. The van der Waals surface area contributed by atoms with Crippen LogP contribution >= 0.6 is 12.4 Å². The van der Waals surface area contributed by atoms with Crippen molar-refractivity contribution >= 4 is 35.1 Å². The molecule has 0 spiro atoms. The van der Waals surface area contributed by atoms with Crippen LogP contribution in [0.1, 0.15) is 0 Å². The normalized spacial score (nSPS) is 14.2. The lowest BCUT2D eigenvalue weighted by Crippen LogP contribution is -2.44. The van der Waals surface area contributed by atoms with E-state index in [0.29, 0.717) is 17.9 Å². The molecule has 2 heterocycles. The maximum absolute atomic E-state index is 15.0. The number of nitrogens with one attached hydrogen (secondary N) is 1. The Bertz CT molecular complexity index is 758. The molecule has 2 aromatic rings. The van der Waals surface area contributed by atoms with Crippen LogP contribution in [-0.2, 0) is 4.74 Å². The first-order valence-corrected chi connectivity index (χ1v) is 8.06. The third kappa shape index (κ3) is 4.00. The number of methoxy groups -OCH3 is 2. The summed E-state index contributed by atoms with van der Waals surface area (Å²) in [5.41, 5.74) is 6.17. The van der Waals surface area contributed by atoms with Gasteiger partial charge in [0.1, 0.15) is 17.9 Å². The maximum atomic E-state index is 15.0. The Morgan fingerprint density at radius 2 is 1.96 bits per heavy atom. The van der Waals surface area contributed by atoms with E-state index < -0.39 is 5.82 Å². The van der Waals surface area contributed by atoms with Crippen molar-refractivity contribution in [2.75, 3.05) is 64.2 Å². The minimum atomic E-state index is -0.615. The quantitative estimate of drug-likeness (QED) is 0.714. The van der Waals surface area contributed by atoms with Crippen LogP contribution in [0.2, 0.25) is 0 Å². The molecule has 144 valence electrons. The number of nitrogens with two attached hydrogens (primary N) is 1. The van der Waals surface area contributed by atoms with Crippen molar-refractivity contribution in [2.24, 2.45) is 0 Å². The number of fused-ring (bicyclic) bond motifs is 1. The molecule has 0 radical (unpaired) electrons. The second-order valence-corrected chi connectivity index (χ2v) is 5.61. The van der Waals surface area contributed by atoms with Gasteiger partial charge in [0.15, 0.2) is 17.3 Å². The number of rotatable bonds is 6. The summed E-state index contributed by atoms with van der Waals surface area (Å²) in [7, 11) is 2.99. The van der Waals surface area contributed by atoms with Crippen LogP contribution in [0.25, 0.3) is 10.9 Å². The Balaban J connectivity index is 0.00000243. The summed E-state index contributed by atoms with van der Waals surface area (Å²) < 4.78 is 30.7. The van der Waals surface area contributed by atoms with Crippen LogP contribution in [0.4, 0.5) is 16.2 Å². The minimum absolute atomic E-state index is 0. The minimum Gasteiger partial charge on any atom is -0.493 e. The highest BCUT2D eigenvalue weighted by Gasteiger charge is 2.22. The van der Waals surface area contributed by atoms with Crippen molar-refractivity contribution in [3.8, 4) is 11.5 Å². The highest BCUT2D eigenvalue weighted by atomic mass is 35.5. The smallest absolute Gasteiger partial charge is 0.228 e. The summed E-state index contributed by atoms with van der Waals surface area (Å²) in [6.07, 6.45) is 0. The van der Waals surface area contributed by atoms with Gasteiger partial charge < -0.3 is 30.2 Å². The van der Waals surface area contributed by atoms with Crippen molar-refractivity contribution in [3.05, 3.63) is 11.9 Å². The Hall–Kier alpha value is -2.10. The third-order valence-electron chi connectivity index (χ3n) is 4.02. The summed E-state index contributed by atoms with van der Waals surface area (Å²) >= 11 is 0. The van der Waals surface area contributed by atoms with Gasteiger partial charge in [0, 0.05) is 38.7 Å². The third-order valence-corrected chi connectivity index (χ3v) is 4.02. The van der Waals surface area contributed by atoms with Gasteiger partial charge in [-0.3, -0.25) is 0 Å². The van der Waals surface area contributed by atoms with Crippen LogP contribution < -0.4 is 25.4 Å². The SMILES string of the molecule is COCCOc1c(OC)cc2c(N)nc(N3CCNCC3)nc2c1F.Cl. The van der Waals surface area contributed by atoms with Crippen molar-refractivity contribution in [2.45, 2.75) is 0 Å². The first-order chi connectivity index (χ1) is 12.2. The number of halogens is 2. The first-order valence-electron chi connectivity index (χ1n) is 8.06. The second kappa shape index (κ2) is 9.02. The van der Waals surface area contributed by atoms with E-state index >= 15 is 4.39 Å². The molecule has 26 heavy (non-hydrogen) atoms. The molecule has 0 bridgehead atoms. The molecule has 10 heteroatoms. The van der Waals surface area contributed by atoms with Gasteiger partial charge in [-0.15, -0.1) is 12.4 Å². The van der Waals surface area contributed by atoms with Crippen LogP contribution in [-0.4, -0.2) is 63.6 Å². The summed E-state index contributed by atoms with van der Waals surface area (Å²) in [5, 5.41) is 3.65. The summed E-state index contributed by atoms with van der Waals surface area (Å²) in [5.74, 6) is 0.247. The molecule has 0 saturated carbocycles. The predicted octanol–water partition coefficient (Wildman–Crippen LogP) is 1.22. The van der Waals surface area contributed by atoms with Crippen LogP contribution in [0.5, 0.6) is 11.5 Å². The number of aromatic nitrogens is 2. The Kier molecular flexibility index (Phi) is 7.01. The number of hydrogen-bond acceptors (Lipinski definition) is 8. The fourth-order valence-electron chi connectivity index (χ4n) is 2.72. The molecule has 0 unspecified atom stereocenters. The van der Waals surface area contributed by atoms with Gasteiger partial charge >= 0.3 is 0 Å². The fourth-order valence-corrected chi connectivity index (χ4v) is 2.72. The van der Waals surface area contributed by atoms with Crippen molar-refractivity contribution < 1.29 is 18.6 Å². The molecular weight excluding hydrogens is 365 g/mol. The largest absolute Gasteiger partial charge is 0.493 e. The van der Waals surface area contributed by atoms with Gasteiger partial charge in [-0.2, -0.15) is 4.98 Å². The first kappa shape index (κ1) is 20.2. The number of anilines is 2. The van der Waals surface area contributed by atoms with Crippen molar-refractivity contribution in [1.29, 1.82) is 0 Å². The van der Waals surface area contributed by atoms with E-state index in [0.717, 1.165) is 26.2 Å². The standard InChI is InChI=1S/C16H22FN5O3.ClH/c1-23-7-8-25-14-11(24-2)9-10-13(12(14)17)20-16(21-15(10)18)22-5-3-19-4-6-22;/h9,19H,3-8H2,1-2H3,(H2,18,20,21);1H. The molecule has 1 aromatic carbocycles. The molecule has 1 aliphatic rings. The summed E-state index contributed by atoms with van der Waals surface area (Å²) in [6, 6.07) is 1.59. The molecule has 0 amide bonds. The monoisotopic (exact) mass is 387 g/mol. The molecule has 1 saturated heterocycles. The average Bonchev–Trinajstić information content (AvgIpc) is 2.64. The molecule has 1 aliphatic heterocycles. The molecular formula is C16H23ClFN5O3. The van der Waals surface area contributed by atoms with E-state index in [1.165, 1.54) is 7.11 Å². The molecule has 0 atom stereocenters. The zero-order chi connectivity index (χ0) is 17.8. The molecule has 0 aliphatic carbocycles. The van der Waals surface area contributed by atoms with Crippen LogP contribution in [0.3, 0.4) is 0 Å². The van der Waals surface area contributed by atoms with Gasteiger partial charge in [-0.25, -0.2) is 9.37 Å². The van der Waals surface area contributed by atoms with E-state index in [1.807, 2.05) is 4.90 Å². The number of nitrogen functional groups attached to an aromatic ring is 1. The molecule has 1 aromatic heterocycles. The Labute approximate surface area is 157 Å². The molecule has 8 nitrogen and oxygen atoms in total. The number of ether oxygens (including phenoxy) is 3. The van der Waals surface area contributed by atoms with Crippen LogP contribution in [0.15, 0.2) is 6.07 Å². The van der Waals surface area contributed by atoms with E-state index in [4.69, 9.17) is 19.9 Å². The number of hydrogen-bond donors (Lipinski definition) is 2. The summed E-state index contributed by atoms with van der Waals surface area (Å²) in [4.78, 5) is 10.7. The zero-order valence-electron chi connectivity index (χ0n) is 14.7. The predicted molar refractivity (Wildman–Crippen MR) is 100 cm³/mol.